The zero-order chi connectivity index (χ0) is 11.0. The van der Waals surface area contributed by atoms with Crippen LogP contribution in [0.2, 0.25) is 0 Å². The van der Waals surface area contributed by atoms with Gasteiger partial charge in [-0.15, -0.1) is 11.8 Å². The Hall–Kier alpha value is -0.470. The Bertz CT molecular complexity index is 373. The van der Waals surface area contributed by atoms with Gasteiger partial charge in [0.25, 0.3) is 0 Å². The summed E-state index contributed by atoms with van der Waals surface area (Å²) in [4.78, 5) is 1.44. The van der Waals surface area contributed by atoms with Crippen LogP contribution in [-0.2, 0) is 0 Å². The molecule has 1 aromatic rings. The van der Waals surface area contributed by atoms with Gasteiger partial charge >= 0.3 is 0 Å². The van der Waals surface area contributed by atoms with Crippen molar-refractivity contribution in [3.8, 4) is 0 Å². The number of nitrogens with two attached hydrogens (primary N) is 1. The van der Waals surface area contributed by atoms with Gasteiger partial charge in [0.05, 0.1) is 0 Å². The average molecular weight is 221 g/mol. The molecule has 0 saturated carbocycles. The van der Waals surface area contributed by atoms with Crippen LogP contribution in [0.15, 0.2) is 17.0 Å². The van der Waals surface area contributed by atoms with Crippen molar-refractivity contribution in [1.82, 2.24) is 0 Å². The number of thioether (sulfide) groups is 1. The minimum atomic E-state index is 0.239. The van der Waals surface area contributed by atoms with Crippen LogP contribution in [-0.4, -0.2) is 5.25 Å². The van der Waals surface area contributed by atoms with Crippen molar-refractivity contribution in [2.24, 2.45) is 5.73 Å². The lowest BCUT2D eigenvalue weighted by Gasteiger charge is -2.13. The highest BCUT2D eigenvalue weighted by atomic mass is 32.2. The monoisotopic (exact) mass is 221 g/mol. The van der Waals surface area contributed by atoms with Crippen molar-refractivity contribution in [2.45, 2.75) is 49.8 Å². The molecular weight excluding hydrogens is 202 g/mol. The first-order chi connectivity index (χ1) is 7.13. The third-order valence-corrected chi connectivity index (χ3v) is 4.67. The minimum absolute atomic E-state index is 0.239. The second-order valence-corrected chi connectivity index (χ2v) is 5.72. The Kier molecular flexibility index (Phi) is 3.08. The van der Waals surface area contributed by atoms with Crippen molar-refractivity contribution >= 4 is 11.8 Å². The Morgan fingerprint density at radius 3 is 2.73 bits per heavy atom. The molecule has 0 spiro atoms. The van der Waals surface area contributed by atoms with Crippen molar-refractivity contribution < 1.29 is 0 Å². The van der Waals surface area contributed by atoms with Crippen LogP contribution in [0.5, 0.6) is 0 Å². The van der Waals surface area contributed by atoms with Crippen molar-refractivity contribution in [3.05, 3.63) is 28.8 Å². The third kappa shape index (κ3) is 1.93. The molecule has 0 fully saturated rings. The molecule has 2 atom stereocenters. The second-order valence-electron chi connectivity index (χ2n) is 4.47. The number of benzene rings is 1. The van der Waals surface area contributed by atoms with E-state index in [1.165, 1.54) is 34.4 Å². The molecule has 2 unspecified atom stereocenters. The van der Waals surface area contributed by atoms with E-state index < -0.39 is 0 Å². The molecule has 0 amide bonds. The van der Waals surface area contributed by atoms with E-state index in [1.54, 1.807) is 0 Å². The lowest BCUT2D eigenvalue weighted by molar-refractivity contribution is 0.629. The summed E-state index contributed by atoms with van der Waals surface area (Å²) in [5, 5.41) is 0.588. The minimum Gasteiger partial charge on any atom is -0.323 e. The van der Waals surface area contributed by atoms with Gasteiger partial charge in [-0.1, -0.05) is 31.0 Å². The SMILES string of the molecule is CCCC1Sc2c(C)cc(C)cc2C1N. The maximum atomic E-state index is 6.29. The van der Waals surface area contributed by atoms with E-state index in [0.717, 1.165) is 0 Å². The van der Waals surface area contributed by atoms with E-state index in [-0.39, 0.29) is 6.04 Å². The summed E-state index contributed by atoms with van der Waals surface area (Å²) < 4.78 is 0. The van der Waals surface area contributed by atoms with Crippen LogP contribution in [0.25, 0.3) is 0 Å². The molecule has 0 aliphatic carbocycles. The van der Waals surface area contributed by atoms with Crippen LogP contribution in [0.3, 0.4) is 0 Å². The van der Waals surface area contributed by atoms with Crippen molar-refractivity contribution in [3.63, 3.8) is 0 Å². The molecule has 0 saturated heterocycles. The highest BCUT2D eigenvalue weighted by Crippen LogP contribution is 2.46. The first-order valence-corrected chi connectivity index (χ1v) is 6.54. The summed E-state index contributed by atoms with van der Waals surface area (Å²) in [5.74, 6) is 0. The molecule has 15 heavy (non-hydrogen) atoms. The topological polar surface area (TPSA) is 26.0 Å². The van der Waals surface area contributed by atoms with Gasteiger partial charge in [0, 0.05) is 16.2 Å². The second kappa shape index (κ2) is 4.18. The van der Waals surface area contributed by atoms with Gasteiger partial charge in [-0.3, -0.25) is 0 Å². The Morgan fingerprint density at radius 2 is 2.07 bits per heavy atom. The van der Waals surface area contributed by atoms with Gasteiger partial charge in [-0.25, -0.2) is 0 Å². The highest BCUT2D eigenvalue weighted by molar-refractivity contribution is 8.00. The smallest absolute Gasteiger partial charge is 0.0430 e. The van der Waals surface area contributed by atoms with Crippen LogP contribution in [0.1, 0.15) is 42.5 Å². The van der Waals surface area contributed by atoms with Crippen molar-refractivity contribution in [2.75, 3.05) is 0 Å². The molecule has 1 aromatic carbocycles. The van der Waals surface area contributed by atoms with Crippen LogP contribution in [0, 0.1) is 13.8 Å². The molecule has 82 valence electrons. The lowest BCUT2D eigenvalue weighted by Crippen LogP contribution is -2.18. The van der Waals surface area contributed by atoms with Crippen LogP contribution >= 0.6 is 11.8 Å². The molecule has 1 aliphatic heterocycles. The van der Waals surface area contributed by atoms with Gasteiger partial charge in [-0.05, 0) is 31.4 Å². The zero-order valence-electron chi connectivity index (χ0n) is 9.71. The summed E-state index contributed by atoms with van der Waals surface area (Å²) in [6.45, 7) is 6.58. The molecule has 0 bridgehead atoms. The predicted molar refractivity (Wildman–Crippen MR) is 67.4 cm³/mol. The number of rotatable bonds is 2. The summed E-state index contributed by atoms with van der Waals surface area (Å²) >= 11 is 1.98. The maximum absolute atomic E-state index is 6.29. The number of hydrogen-bond acceptors (Lipinski definition) is 2. The molecule has 2 heteroatoms. The van der Waals surface area contributed by atoms with Gasteiger partial charge < -0.3 is 5.73 Å². The van der Waals surface area contributed by atoms with Crippen LogP contribution in [0.4, 0.5) is 0 Å². The molecule has 1 aliphatic rings. The molecular formula is C13H19NS. The van der Waals surface area contributed by atoms with Gasteiger partial charge in [0.1, 0.15) is 0 Å². The van der Waals surface area contributed by atoms with Crippen molar-refractivity contribution in [1.29, 1.82) is 0 Å². The van der Waals surface area contributed by atoms with E-state index in [1.807, 2.05) is 11.8 Å². The highest BCUT2D eigenvalue weighted by Gasteiger charge is 2.30. The summed E-state index contributed by atoms with van der Waals surface area (Å²) in [6, 6.07) is 4.76. The Labute approximate surface area is 96.4 Å². The van der Waals surface area contributed by atoms with E-state index in [2.05, 4.69) is 32.9 Å². The van der Waals surface area contributed by atoms with E-state index in [0.29, 0.717) is 5.25 Å². The third-order valence-electron chi connectivity index (χ3n) is 3.05. The first-order valence-electron chi connectivity index (χ1n) is 5.67. The molecule has 1 heterocycles. The predicted octanol–water partition coefficient (Wildman–Crippen LogP) is 3.58. The Morgan fingerprint density at radius 1 is 1.33 bits per heavy atom. The largest absolute Gasteiger partial charge is 0.323 e. The first kappa shape index (κ1) is 11.0. The van der Waals surface area contributed by atoms with Crippen LogP contribution < -0.4 is 5.73 Å². The fourth-order valence-corrected chi connectivity index (χ4v) is 3.87. The van der Waals surface area contributed by atoms with Gasteiger partial charge in [0.2, 0.25) is 0 Å². The van der Waals surface area contributed by atoms with E-state index in [4.69, 9.17) is 5.73 Å². The quantitative estimate of drug-likeness (QED) is 0.826. The number of aryl methyl sites for hydroxylation is 2. The molecule has 2 N–H and O–H groups in total. The maximum Gasteiger partial charge on any atom is 0.0430 e. The fraction of sp³-hybridized carbons (Fsp3) is 0.538. The van der Waals surface area contributed by atoms with Gasteiger partial charge in [0.15, 0.2) is 0 Å². The summed E-state index contributed by atoms with van der Waals surface area (Å²) in [7, 11) is 0. The normalized spacial score (nSPS) is 24.3. The zero-order valence-corrected chi connectivity index (χ0v) is 10.5. The fourth-order valence-electron chi connectivity index (χ4n) is 2.34. The summed E-state index contributed by atoms with van der Waals surface area (Å²) in [6.07, 6.45) is 2.44. The lowest BCUT2D eigenvalue weighted by atomic mass is 9.98. The average Bonchev–Trinajstić information content (AvgIpc) is 2.47. The molecule has 0 radical (unpaired) electrons. The number of hydrogen-bond donors (Lipinski definition) is 1. The van der Waals surface area contributed by atoms with E-state index in [9.17, 15) is 0 Å². The van der Waals surface area contributed by atoms with Gasteiger partial charge in [-0.2, -0.15) is 0 Å². The number of fused-ring (bicyclic) bond motifs is 1. The Balaban J connectivity index is 2.36. The standard InChI is InChI=1S/C13H19NS/c1-4-5-11-12(14)10-7-8(2)6-9(3)13(10)15-11/h6-7,11-12H,4-5,14H2,1-3H3. The molecule has 0 aromatic heterocycles. The summed E-state index contributed by atoms with van der Waals surface area (Å²) in [5.41, 5.74) is 10.4. The van der Waals surface area contributed by atoms with E-state index >= 15 is 0 Å². The molecule has 1 nitrogen and oxygen atoms in total. The molecule has 2 rings (SSSR count).